The third-order valence-electron chi connectivity index (χ3n) is 2.89. The first-order chi connectivity index (χ1) is 7.48. The Kier molecular flexibility index (Phi) is 3.32. The molecule has 2 heterocycles. The maximum atomic E-state index is 11.4. The lowest BCUT2D eigenvalue weighted by Gasteiger charge is -2.17. The molecule has 16 heavy (non-hydrogen) atoms. The number of hydrogen-bond acceptors (Lipinski definition) is 4. The summed E-state index contributed by atoms with van der Waals surface area (Å²) in [6, 6.07) is 1.64. The number of nitrogens with zero attached hydrogens (tertiary/aromatic N) is 1. The molecular formula is C10H13BrN2O2S. The number of pyridine rings is 1. The molecule has 0 amide bonds. The predicted octanol–water partition coefficient (Wildman–Crippen LogP) is 1.28. The van der Waals surface area contributed by atoms with Gasteiger partial charge in [0.05, 0.1) is 11.5 Å². The van der Waals surface area contributed by atoms with Crippen molar-refractivity contribution in [2.45, 2.75) is 12.5 Å². The SMILES string of the molecule is NC(c1cncc(Br)c1)C1CCS(=O)(=O)C1. The van der Waals surface area contributed by atoms with Gasteiger partial charge < -0.3 is 5.73 Å². The van der Waals surface area contributed by atoms with Crippen LogP contribution in [0.2, 0.25) is 0 Å². The smallest absolute Gasteiger partial charge is 0.150 e. The van der Waals surface area contributed by atoms with Gasteiger partial charge in [-0.15, -0.1) is 0 Å². The number of halogens is 1. The van der Waals surface area contributed by atoms with Gasteiger partial charge in [-0.25, -0.2) is 8.42 Å². The maximum absolute atomic E-state index is 11.4. The molecule has 1 aromatic rings. The van der Waals surface area contributed by atoms with Crippen molar-refractivity contribution >= 4 is 25.8 Å². The fraction of sp³-hybridized carbons (Fsp3) is 0.500. The van der Waals surface area contributed by atoms with Gasteiger partial charge >= 0.3 is 0 Å². The van der Waals surface area contributed by atoms with Gasteiger partial charge in [0.1, 0.15) is 0 Å². The minimum Gasteiger partial charge on any atom is -0.324 e. The molecule has 0 spiro atoms. The van der Waals surface area contributed by atoms with Crippen LogP contribution in [0.3, 0.4) is 0 Å². The van der Waals surface area contributed by atoms with Crippen LogP contribution in [0.5, 0.6) is 0 Å². The number of hydrogen-bond donors (Lipinski definition) is 1. The number of rotatable bonds is 2. The van der Waals surface area contributed by atoms with Crippen molar-refractivity contribution in [3.05, 3.63) is 28.5 Å². The Labute approximate surface area is 103 Å². The molecule has 2 rings (SSSR count). The fourth-order valence-electron chi connectivity index (χ4n) is 1.99. The highest BCUT2D eigenvalue weighted by Gasteiger charge is 2.32. The van der Waals surface area contributed by atoms with E-state index in [0.29, 0.717) is 6.42 Å². The van der Waals surface area contributed by atoms with Crippen molar-refractivity contribution in [2.75, 3.05) is 11.5 Å². The van der Waals surface area contributed by atoms with Crippen molar-refractivity contribution in [3.63, 3.8) is 0 Å². The third-order valence-corrected chi connectivity index (χ3v) is 5.11. The van der Waals surface area contributed by atoms with Crippen LogP contribution in [-0.4, -0.2) is 24.9 Å². The van der Waals surface area contributed by atoms with E-state index in [2.05, 4.69) is 20.9 Å². The second-order valence-electron chi connectivity index (χ2n) is 4.13. The Balaban J connectivity index is 2.17. The minimum absolute atomic E-state index is 0.0149. The summed E-state index contributed by atoms with van der Waals surface area (Å²) in [5.41, 5.74) is 6.95. The molecule has 0 aromatic carbocycles. The van der Waals surface area contributed by atoms with E-state index in [-0.39, 0.29) is 23.5 Å². The second-order valence-corrected chi connectivity index (χ2v) is 7.27. The van der Waals surface area contributed by atoms with Crippen LogP contribution in [0.15, 0.2) is 22.9 Å². The maximum Gasteiger partial charge on any atom is 0.150 e. The zero-order valence-corrected chi connectivity index (χ0v) is 11.0. The molecule has 0 saturated carbocycles. The highest BCUT2D eigenvalue weighted by molar-refractivity contribution is 9.10. The van der Waals surface area contributed by atoms with Gasteiger partial charge in [-0.1, -0.05) is 0 Å². The Bertz CT molecular complexity index is 489. The van der Waals surface area contributed by atoms with E-state index < -0.39 is 9.84 Å². The lowest BCUT2D eigenvalue weighted by atomic mass is 9.95. The van der Waals surface area contributed by atoms with Crippen molar-refractivity contribution in [1.29, 1.82) is 0 Å². The Morgan fingerprint density at radius 2 is 2.25 bits per heavy atom. The van der Waals surface area contributed by atoms with Gasteiger partial charge in [0.2, 0.25) is 0 Å². The van der Waals surface area contributed by atoms with Gasteiger partial charge in [-0.3, -0.25) is 4.98 Å². The number of aromatic nitrogens is 1. The van der Waals surface area contributed by atoms with Crippen LogP contribution in [0.4, 0.5) is 0 Å². The van der Waals surface area contributed by atoms with E-state index >= 15 is 0 Å². The van der Waals surface area contributed by atoms with E-state index in [9.17, 15) is 8.42 Å². The Morgan fingerprint density at radius 1 is 1.50 bits per heavy atom. The molecule has 88 valence electrons. The van der Waals surface area contributed by atoms with Gasteiger partial charge in [-0.2, -0.15) is 0 Å². The normalized spacial score (nSPS) is 25.5. The quantitative estimate of drug-likeness (QED) is 0.893. The summed E-state index contributed by atoms with van der Waals surface area (Å²) in [6.45, 7) is 0. The van der Waals surface area contributed by atoms with Crippen molar-refractivity contribution < 1.29 is 8.42 Å². The number of nitrogens with two attached hydrogens (primary N) is 1. The van der Waals surface area contributed by atoms with Gasteiger partial charge in [0.25, 0.3) is 0 Å². The summed E-state index contributed by atoms with van der Waals surface area (Å²) in [5, 5.41) is 0. The molecule has 6 heteroatoms. The first kappa shape index (κ1) is 12.0. The summed E-state index contributed by atoms with van der Waals surface area (Å²) in [4.78, 5) is 4.04. The molecule has 2 atom stereocenters. The van der Waals surface area contributed by atoms with Crippen molar-refractivity contribution in [1.82, 2.24) is 4.98 Å². The second kappa shape index (κ2) is 4.43. The summed E-state index contributed by atoms with van der Waals surface area (Å²) in [7, 11) is -2.87. The van der Waals surface area contributed by atoms with E-state index in [1.165, 1.54) is 0 Å². The van der Waals surface area contributed by atoms with Crippen LogP contribution >= 0.6 is 15.9 Å². The fourth-order valence-corrected chi connectivity index (χ4v) is 4.23. The van der Waals surface area contributed by atoms with E-state index in [4.69, 9.17) is 5.73 Å². The standard InChI is InChI=1S/C10H13BrN2O2S/c11-9-3-8(4-13-5-9)10(12)7-1-2-16(14,15)6-7/h3-5,7,10H,1-2,6,12H2. The summed E-state index contributed by atoms with van der Waals surface area (Å²) in [5.74, 6) is 0.467. The third kappa shape index (κ3) is 2.61. The molecule has 0 bridgehead atoms. The lowest BCUT2D eigenvalue weighted by molar-refractivity contribution is 0.479. The van der Waals surface area contributed by atoms with Crippen LogP contribution in [-0.2, 0) is 9.84 Å². The molecule has 4 nitrogen and oxygen atoms in total. The van der Waals surface area contributed by atoms with E-state index in [1.807, 2.05) is 6.07 Å². The average Bonchev–Trinajstić information content (AvgIpc) is 2.58. The molecular weight excluding hydrogens is 292 g/mol. The molecule has 1 fully saturated rings. The number of sulfone groups is 1. The molecule has 2 unspecified atom stereocenters. The van der Waals surface area contributed by atoms with Crippen LogP contribution in [0.25, 0.3) is 0 Å². The minimum atomic E-state index is -2.87. The van der Waals surface area contributed by atoms with E-state index in [0.717, 1.165) is 10.0 Å². The molecule has 1 aromatic heterocycles. The average molecular weight is 305 g/mol. The van der Waals surface area contributed by atoms with Gasteiger partial charge in [0, 0.05) is 22.9 Å². The first-order valence-corrected chi connectivity index (χ1v) is 7.66. The molecule has 1 aliphatic rings. The van der Waals surface area contributed by atoms with Crippen LogP contribution in [0.1, 0.15) is 18.0 Å². The zero-order valence-electron chi connectivity index (χ0n) is 8.64. The van der Waals surface area contributed by atoms with Crippen molar-refractivity contribution in [2.24, 2.45) is 11.7 Å². The van der Waals surface area contributed by atoms with Gasteiger partial charge in [-0.05, 0) is 39.9 Å². The van der Waals surface area contributed by atoms with E-state index in [1.54, 1.807) is 12.4 Å². The van der Waals surface area contributed by atoms with Crippen molar-refractivity contribution in [3.8, 4) is 0 Å². The topological polar surface area (TPSA) is 73.0 Å². The Morgan fingerprint density at radius 3 is 2.81 bits per heavy atom. The molecule has 0 aliphatic carbocycles. The van der Waals surface area contributed by atoms with Crippen LogP contribution in [0, 0.1) is 5.92 Å². The molecule has 0 radical (unpaired) electrons. The zero-order chi connectivity index (χ0) is 11.8. The highest BCUT2D eigenvalue weighted by atomic mass is 79.9. The first-order valence-electron chi connectivity index (χ1n) is 5.04. The predicted molar refractivity (Wildman–Crippen MR) is 65.6 cm³/mol. The lowest BCUT2D eigenvalue weighted by Crippen LogP contribution is -2.22. The van der Waals surface area contributed by atoms with Crippen LogP contribution < -0.4 is 5.73 Å². The summed E-state index contributed by atoms with van der Waals surface area (Å²) < 4.78 is 23.6. The highest BCUT2D eigenvalue weighted by Crippen LogP contribution is 2.30. The van der Waals surface area contributed by atoms with Gasteiger partial charge in [0.15, 0.2) is 9.84 Å². The molecule has 1 saturated heterocycles. The largest absolute Gasteiger partial charge is 0.324 e. The summed E-state index contributed by atoms with van der Waals surface area (Å²) in [6.07, 6.45) is 4.03. The monoisotopic (exact) mass is 304 g/mol. The Hall–Kier alpha value is -0.460. The molecule has 1 aliphatic heterocycles. The summed E-state index contributed by atoms with van der Waals surface area (Å²) >= 11 is 3.33. The molecule has 2 N–H and O–H groups in total.